The molecular formula is C14H16Cl2N2S. The van der Waals surface area contributed by atoms with Crippen LogP contribution in [-0.4, -0.2) is 21.1 Å². The molecule has 0 bridgehead atoms. The first kappa shape index (κ1) is 13.6. The third-order valence-electron chi connectivity index (χ3n) is 3.56. The number of halogens is 2. The third-order valence-corrected chi connectivity index (χ3v) is 5.22. The van der Waals surface area contributed by atoms with Gasteiger partial charge in [0.1, 0.15) is 5.82 Å². The standard InChI is InChI=1S/C14H16Cl2N2S/c1-9(15)14-17-12-6-11(16)2-3-13(12)18(14)7-10-4-5-19-8-10/h2-3,6,9-10H,4-5,7-8H2,1H3. The fourth-order valence-electron chi connectivity index (χ4n) is 2.60. The molecule has 1 aliphatic rings. The van der Waals surface area contributed by atoms with Crippen molar-refractivity contribution in [1.82, 2.24) is 9.55 Å². The van der Waals surface area contributed by atoms with E-state index in [4.69, 9.17) is 23.2 Å². The van der Waals surface area contributed by atoms with Crippen LogP contribution in [0, 0.1) is 5.92 Å². The van der Waals surface area contributed by atoms with Gasteiger partial charge in [0.2, 0.25) is 0 Å². The molecule has 1 aliphatic heterocycles. The summed E-state index contributed by atoms with van der Waals surface area (Å²) in [6.45, 7) is 2.99. The number of hydrogen-bond donors (Lipinski definition) is 0. The van der Waals surface area contributed by atoms with Gasteiger partial charge in [-0.2, -0.15) is 11.8 Å². The van der Waals surface area contributed by atoms with E-state index in [1.807, 2.05) is 30.8 Å². The lowest BCUT2D eigenvalue weighted by molar-refractivity contribution is 0.488. The molecule has 1 saturated heterocycles. The zero-order valence-corrected chi connectivity index (χ0v) is 13.1. The van der Waals surface area contributed by atoms with Crippen LogP contribution in [0.1, 0.15) is 24.5 Å². The smallest absolute Gasteiger partial charge is 0.127 e. The molecule has 1 aromatic carbocycles. The molecular weight excluding hydrogens is 299 g/mol. The van der Waals surface area contributed by atoms with Crippen LogP contribution in [0.3, 0.4) is 0 Å². The number of alkyl halides is 1. The normalized spacial score (nSPS) is 21.1. The van der Waals surface area contributed by atoms with Crippen molar-refractivity contribution in [2.45, 2.75) is 25.3 Å². The number of hydrogen-bond acceptors (Lipinski definition) is 2. The summed E-state index contributed by atoms with van der Waals surface area (Å²) in [5.41, 5.74) is 2.09. The van der Waals surface area contributed by atoms with Crippen LogP contribution in [0.4, 0.5) is 0 Å². The van der Waals surface area contributed by atoms with Gasteiger partial charge in [-0.3, -0.25) is 0 Å². The molecule has 2 nitrogen and oxygen atoms in total. The Labute approximate surface area is 127 Å². The summed E-state index contributed by atoms with van der Waals surface area (Å²) in [5.74, 6) is 4.20. The Kier molecular flexibility index (Phi) is 3.97. The SMILES string of the molecule is CC(Cl)c1nc2cc(Cl)ccc2n1CC1CCSC1. The molecule has 0 spiro atoms. The maximum Gasteiger partial charge on any atom is 0.127 e. The Morgan fingerprint density at radius 2 is 2.37 bits per heavy atom. The van der Waals surface area contributed by atoms with Crippen LogP contribution in [0.25, 0.3) is 11.0 Å². The molecule has 19 heavy (non-hydrogen) atoms. The molecule has 2 unspecified atom stereocenters. The van der Waals surface area contributed by atoms with Gasteiger partial charge < -0.3 is 4.57 Å². The van der Waals surface area contributed by atoms with Crippen molar-refractivity contribution >= 4 is 46.0 Å². The van der Waals surface area contributed by atoms with Crippen molar-refractivity contribution in [2.75, 3.05) is 11.5 Å². The molecule has 1 fully saturated rings. The number of nitrogens with zero attached hydrogens (tertiary/aromatic N) is 2. The maximum absolute atomic E-state index is 6.28. The highest BCUT2D eigenvalue weighted by atomic mass is 35.5. The highest BCUT2D eigenvalue weighted by molar-refractivity contribution is 7.99. The zero-order chi connectivity index (χ0) is 13.4. The Morgan fingerprint density at radius 1 is 1.53 bits per heavy atom. The minimum Gasteiger partial charge on any atom is -0.326 e. The van der Waals surface area contributed by atoms with Crippen LogP contribution in [0.2, 0.25) is 5.02 Å². The lowest BCUT2D eigenvalue weighted by Gasteiger charge is -2.14. The van der Waals surface area contributed by atoms with E-state index in [1.165, 1.54) is 17.9 Å². The van der Waals surface area contributed by atoms with Gasteiger partial charge in [-0.25, -0.2) is 4.98 Å². The molecule has 5 heteroatoms. The molecule has 0 radical (unpaired) electrons. The molecule has 0 aliphatic carbocycles. The number of imidazole rings is 1. The van der Waals surface area contributed by atoms with Gasteiger partial charge in [-0.05, 0) is 49.0 Å². The first-order chi connectivity index (χ1) is 9.15. The number of aromatic nitrogens is 2. The average molecular weight is 315 g/mol. The highest BCUT2D eigenvalue weighted by Crippen LogP contribution is 2.30. The Hall–Kier alpha value is -0.380. The number of benzene rings is 1. The molecule has 2 atom stereocenters. The van der Waals surface area contributed by atoms with E-state index in [1.54, 1.807) is 0 Å². The Bertz CT molecular complexity index is 588. The predicted molar refractivity (Wildman–Crippen MR) is 84.4 cm³/mol. The van der Waals surface area contributed by atoms with Crippen molar-refractivity contribution < 1.29 is 0 Å². The van der Waals surface area contributed by atoms with Crippen LogP contribution < -0.4 is 0 Å². The third kappa shape index (κ3) is 2.74. The van der Waals surface area contributed by atoms with E-state index in [2.05, 4.69) is 15.6 Å². The number of rotatable bonds is 3. The van der Waals surface area contributed by atoms with E-state index in [9.17, 15) is 0 Å². The summed E-state index contributed by atoms with van der Waals surface area (Å²) < 4.78 is 2.28. The van der Waals surface area contributed by atoms with Gasteiger partial charge in [0.25, 0.3) is 0 Å². The van der Waals surface area contributed by atoms with Gasteiger partial charge in [0.15, 0.2) is 0 Å². The summed E-state index contributed by atoms with van der Waals surface area (Å²) in [6, 6.07) is 5.89. The lowest BCUT2D eigenvalue weighted by atomic mass is 10.1. The van der Waals surface area contributed by atoms with Gasteiger partial charge in [0.05, 0.1) is 16.4 Å². The Morgan fingerprint density at radius 3 is 3.05 bits per heavy atom. The minimum atomic E-state index is -0.0831. The molecule has 3 rings (SSSR count). The number of thioether (sulfide) groups is 1. The summed E-state index contributed by atoms with van der Waals surface area (Å²) in [6.07, 6.45) is 1.29. The van der Waals surface area contributed by atoms with Gasteiger partial charge in [-0.1, -0.05) is 11.6 Å². The second kappa shape index (κ2) is 5.55. The summed E-state index contributed by atoms with van der Waals surface area (Å²) in [4.78, 5) is 4.65. The lowest BCUT2D eigenvalue weighted by Crippen LogP contribution is -2.13. The molecule has 0 saturated carbocycles. The first-order valence-corrected chi connectivity index (χ1v) is 8.49. The number of fused-ring (bicyclic) bond motifs is 1. The van der Waals surface area contributed by atoms with Crippen molar-refractivity contribution in [3.05, 3.63) is 29.0 Å². The van der Waals surface area contributed by atoms with Gasteiger partial charge in [-0.15, -0.1) is 11.6 Å². The average Bonchev–Trinajstić information content (AvgIpc) is 2.97. The van der Waals surface area contributed by atoms with Gasteiger partial charge in [0, 0.05) is 11.6 Å². The first-order valence-electron chi connectivity index (χ1n) is 6.52. The fraction of sp³-hybridized carbons (Fsp3) is 0.500. The quantitative estimate of drug-likeness (QED) is 0.761. The summed E-state index contributed by atoms with van der Waals surface area (Å²) in [7, 11) is 0. The molecule has 1 aromatic heterocycles. The second-order valence-electron chi connectivity index (χ2n) is 5.06. The van der Waals surface area contributed by atoms with Crippen LogP contribution in [-0.2, 0) is 6.54 Å². The van der Waals surface area contributed by atoms with E-state index in [0.29, 0.717) is 0 Å². The van der Waals surface area contributed by atoms with Crippen molar-refractivity contribution in [3.8, 4) is 0 Å². The van der Waals surface area contributed by atoms with E-state index in [0.717, 1.165) is 34.3 Å². The van der Waals surface area contributed by atoms with E-state index < -0.39 is 0 Å². The van der Waals surface area contributed by atoms with Crippen LogP contribution >= 0.6 is 35.0 Å². The summed E-state index contributed by atoms with van der Waals surface area (Å²) in [5, 5.41) is 0.641. The second-order valence-corrected chi connectivity index (χ2v) is 7.30. The topological polar surface area (TPSA) is 17.8 Å². The van der Waals surface area contributed by atoms with E-state index in [-0.39, 0.29) is 5.38 Å². The predicted octanol–water partition coefficient (Wildman–Crippen LogP) is 4.74. The molecule has 0 N–H and O–H groups in total. The van der Waals surface area contributed by atoms with Gasteiger partial charge >= 0.3 is 0 Å². The minimum absolute atomic E-state index is 0.0831. The fourth-order valence-corrected chi connectivity index (χ4v) is 4.21. The van der Waals surface area contributed by atoms with Crippen molar-refractivity contribution in [1.29, 1.82) is 0 Å². The largest absolute Gasteiger partial charge is 0.326 e. The zero-order valence-electron chi connectivity index (χ0n) is 10.8. The Balaban J connectivity index is 2.05. The maximum atomic E-state index is 6.28. The highest BCUT2D eigenvalue weighted by Gasteiger charge is 2.21. The van der Waals surface area contributed by atoms with Crippen molar-refractivity contribution in [3.63, 3.8) is 0 Å². The molecule has 102 valence electrons. The van der Waals surface area contributed by atoms with E-state index >= 15 is 0 Å². The molecule has 2 heterocycles. The van der Waals surface area contributed by atoms with Crippen molar-refractivity contribution in [2.24, 2.45) is 5.92 Å². The molecule has 0 amide bonds. The summed E-state index contributed by atoms with van der Waals surface area (Å²) >= 11 is 14.4. The monoisotopic (exact) mass is 314 g/mol. The van der Waals surface area contributed by atoms with Crippen LogP contribution in [0.5, 0.6) is 0 Å². The molecule has 2 aromatic rings. The van der Waals surface area contributed by atoms with Crippen LogP contribution in [0.15, 0.2) is 18.2 Å².